The van der Waals surface area contributed by atoms with Crippen molar-refractivity contribution in [3.05, 3.63) is 18.1 Å². The van der Waals surface area contributed by atoms with Crippen LogP contribution in [0.2, 0.25) is 0 Å². The van der Waals surface area contributed by atoms with Crippen LogP contribution in [-0.2, 0) is 16.0 Å². The van der Waals surface area contributed by atoms with E-state index in [0.717, 1.165) is 24.4 Å². The first-order valence-corrected chi connectivity index (χ1v) is 5.80. The molecule has 94 valence electrons. The van der Waals surface area contributed by atoms with Gasteiger partial charge in [-0.25, -0.2) is 9.97 Å². The minimum absolute atomic E-state index is 0.00757. The van der Waals surface area contributed by atoms with Gasteiger partial charge in [-0.1, -0.05) is 13.3 Å². The molecule has 0 radical (unpaired) electrons. The molecule has 0 saturated heterocycles. The first-order chi connectivity index (χ1) is 8.15. The lowest BCUT2D eigenvalue weighted by atomic mass is 10.2. The summed E-state index contributed by atoms with van der Waals surface area (Å²) in [5, 5.41) is 3.15. The van der Waals surface area contributed by atoms with E-state index < -0.39 is 0 Å². The van der Waals surface area contributed by atoms with Crippen molar-refractivity contribution in [1.82, 2.24) is 9.97 Å². The van der Waals surface area contributed by atoms with Crippen molar-refractivity contribution >= 4 is 11.8 Å². The monoisotopic (exact) mass is 237 g/mol. The largest absolute Gasteiger partial charge is 0.469 e. The van der Waals surface area contributed by atoms with Crippen LogP contribution in [0.1, 0.15) is 32.4 Å². The zero-order valence-corrected chi connectivity index (χ0v) is 10.6. The predicted molar refractivity (Wildman–Crippen MR) is 65.7 cm³/mol. The fraction of sp³-hybridized carbons (Fsp3) is 0.583. The second kappa shape index (κ2) is 6.83. The molecule has 0 bridgehead atoms. The molecule has 0 aromatic carbocycles. The Hall–Kier alpha value is -1.65. The summed E-state index contributed by atoms with van der Waals surface area (Å²) < 4.78 is 4.61. The predicted octanol–water partition coefficient (Wildman–Crippen LogP) is 1.79. The van der Waals surface area contributed by atoms with Crippen LogP contribution in [0.5, 0.6) is 0 Å². The minimum Gasteiger partial charge on any atom is -0.469 e. The van der Waals surface area contributed by atoms with Crippen LogP contribution in [0.3, 0.4) is 0 Å². The van der Waals surface area contributed by atoms with Gasteiger partial charge >= 0.3 is 5.97 Å². The summed E-state index contributed by atoms with van der Waals surface area (Å²) >= 11 is 0. The summed E-state index contributed by atoms with van der Waals surface area (Å²) in [6, 6.07) is 1.91. The fourth-order valence-corrected chi connectivity index (χ4v) is 1.51. The van der Waals surface area contributed by atoms with E-state index in [1.807, 2.05) is 13.0 Å². The van der Waals surface area contributed by atoms with E-state index in [-0.39, 0.29) is 12.0 Å². The first kappa shape index (κ1) is 13.4. The SMILES string of the molecule is CCCc1cc(NC(C)CC(=O)OC)ncn1. The molecule has 0 amide bonds. The van der Waals surface area contributed by atoms with Crippen LogP contribution in [0.4, 0.5) is 5.82 Å². The summed E-state index contributed by atoms with van der Waals surface area (Å²) in [6.45, 7) is 4.02. The van der Waals surface area contributed by atoms with Crippen LogP contribution in [0.25, 0.3) is 0 Å². The zero-order valence-electron chi connectivity index (χ0n) is 10.6. The third kappa shape index (κ3) is 4.80. The van der Waals surface area contributed by atoms with Crippen molar-refractivity contribution in [2.24, 2.45) is 0 Å². The van der Waals surface area contributed by atoms with Gasteiger partial charge in [0.25, 0.3) is 0 Å². The Morgan fingerprint density at radius 2 is 2.29 bits per heavy atom. The highest BCUT2D eigenvalue weighted by atomic mass is 16.5. The van der Waals surface area contributed by atoms with E-state index in [4.69, 9.17) is 0 Å². The van der Waals surface area contributed by atoms with Crippen molar-refractivity contribution in [3.63, 3.8) is 0 Å². The molecule has 0 saturated carbocycles. The Morgan fingerprint density at radius 3 is 2.94 bits per heavy atom. The second-order valence-corrected chi connectivity index (χ2v) is 3.97. The number of hydrogen-bond donors (Lipinski definition) is 1. The highest BCUT2D eigenvalue weighted by Gasteiger charge is 2.09. The normalized spacial score (nSPS) is 11.9. The third-order valence-corrected chi connectivity index (χ3v) is 2.32. The van der Waals surface area contributed by atoms with Crippen LogP contribution in [0, 0.1) is 0 Å². The number of rotatable bonds is 6. The molecule has 0 aliphatic carbocycles. The van der Waals surface area contributed by atoms with Crippen LogP contribution in [-0.4, -0.2) is 29.1 Å². The van der Waals surface area contributed by atoms with Gasteiger partial charge in [0.05, 0.1) is 13.5 Å². The number of nitrogens with zero attached hydrogens (tertiary/aromatic N) is 2. The van der Waals surface area contributed by atoms with Gasteiger partial charge in [-0.3, -0.25) is 4.79 Å². The topological polar surface area (TPSA) is 64.1 Å². The number of nitrogens with one attached hydrogen (secondary N) is 1. The molecule has 1 heterocycles. The average molecular weight is 237 g/mol. The summed E-state index contributed by atoms with van der Waals surface area (Å²) in [5.74, 6) is 0.521. The fourth-order valence-electron chi connectivity index (χ4n) is 1.51. The lowest BCUT2D eigenvalue weighted by Gasteiger charge is -2.13. The van der Waals surface area contributed by atoms with E-state index in [1.165, 1.54) is 13.4 Å². The van der Waals surface area contributed by atoms with Gasteiger partial charge in [-0.15, -0.1) is 0 Å². The molecule has 5 nitrogen and oxygen atoms in total. The molecular weight excluding hydrogens is 218 g/mol. The van der Waals surface area contributed by atoms with E-state index in [2.05, 4.69) is 26.9 Å². The smallest absolute Gasteiger partial charge is 0.307 e. The highest BCUT2D eigenvalue weighted by molar-refractivity contribution is 5.70. The van der Waals surface area contributed by atoms with Crippen molar-refractivity contribution in [1.29, 1.82) is 0 Å². The summed E-state index contributed by atoms with van der Waals surface area (Å²) in [7, 11) is 1.39. The van der Waals surface area contributed by atoms with Crippen molar-refractivity contribution in [2.75, 3.05) is 12.4 Å². The van der Waals surface area contributed by atoms with Crippen molar-refractivity contribution < 1.29 is 9.53 Å². The maximum atomic E-state index is 11.1. The molecule has 0 spiro atoms. The van der Waals surface area contributed by atoms with Crippen molar-refractivity contribution in [2.45, 2.75) is 39.2 Å². The van der Waals surface area contributed by atoms with E-state index in [9.17, 15) is 4.79 Å². The number of aromatic nitrogens is 2. The highest BCUT2D eigenvalue weighted by Crippen LogP contribution is 2.09. The van der Waals surface area contributed by atoms with Crippen molar-refractivity contribution in [3.8, 4) is 0 Å². The maximum Gasteiger partial charge on any atom is 0.307 e. The molecule has 0 aliphatic rings. The van der Waals surface area contributed by atoms with E-state index in [1.54, 1.807) is 0 Å². The molecule has 1 rings (SSSR count). The number of methoxy groups -OCH3 is 1. The molecular formula is C12H19N3O2. The molecule has 1 N–H and O–H groups in total. The van der Waals surface area contributed by atoms with Gasteiger partial charge in [0.2, 0.25) is 0 Å². The van der Waals surface area contributed by atoms with E-state index >= 15 is 0 Å². The number of aryl methyl sites for hydroxylation is 1. The summed E-state index contributed by atoms with van der Waals surface area (Å²) in [6.07, 6.45) is 3.85. The minimum atomic E-state index is -0.229. The molecule has 1 atom stereocenters. The van der Waals surface area contributed by atoms with Crippen LogP contribution in [0.15, 0.2) is 12.4 Å². The zero-order chi connectivity index (χ0) is 12.7. The van der Waals surface area contributed by atoms with Crippen LogP contribution < -0.4 is 5.32 Å². The maximum absolute atomic E-state index is 11.1. The summed E-state index contributed by atoms with van der Waals surface area (Å²) in [5.41, 5.74) is 1.01. The van der Waals surface area contributed by atoms with E-state index in [0.29, 0.717) is 6.42 Å². The molecule has 1 unspecified atom stereocenters. The van der Waals surface area contributed by atoms with Gasteiger partial charge in [-0.05, 0) is 13.3 Å². The molecule has 1 aromatic rings. The number of carbonyl (C=O) groups excluding carboxylic acids is 1. The first-order valence-electron chi connectivity index (χ1n) is 5.80. The molecule has 1 aromatic heterocycles. The molecule has 0 fully saturated rings. The van der Waals surface area contributed by atoms with Gasteiger partial charge in [0.1, 0.15) is 12.1 Å². The number of anilines is 1. The van der Waals surface area contributed by atoms with Gasteiger partial charge in [0, 0.05) is 17.8 Å². The number of ether oxygens (including phenoxy) is 1. The summed E-state index contributed by atoms with van der Waals surface area (Å²) in [4.78, 5) is 19.4. The van der Waals surface area contributed by atoms with Gasteiger partial charge < -0.3 is 10.1 Å². The Morgan fingerprint density at radius 1 is 1.53 bits per heavy atom. The number of carbonyl (C=O) groups is 1. The second-order valence-electron chi connectivity index (χ2n) is 3.97. The molecule has 17 heavy (non-hydrogen) atoms. The molecule has 0 aliphatic heterocycles. The average Bonchev–Trinajstić information content (AvgIpc) is 2.29. The number of hydrogen-bond acceptors (Lipinski definition) is 5. The Labute approximate surface area is 102 Å². The quantitative estimate of drug-likeness (QED) is 0.764. The lowest BCUT2D eigenvalue weighted by molar-refractivity contribution is -0.140. The Kier molecular flexibility index (Phi) is 5.39. The standard InChI is InChI=1S/C12H19N3O2/c1-4-5-10-7-11(14-8-13-10)15-9(2)6-12(16)17-3/h7-9H,4-6H2,1-3H3,(H,13,14,15). The Balaban J connectivity index is 2.55. The van der Waals surface area contributed by atoms with Crippen LogP contribution >= 0.6 is 0 Å². The molecule has 5 heteroatoms. The Bertz CT molecular complexity index is 369. The third-order valence-electron chi connectivity index (χ3n) is 2.32. The number of esters is 1. The lowest BCUT2D eigenvalue weighted by Crippen LogP contribution is -2.21. The van der Waals surface area contributed by atoms with Gasteiger partial charge in [0.15, 0.2) is 0 Å². The van der Waals surface area contributed by atoms with Gasteiger partial charge in [-0.2, -0.15) is 0 Å².